The van der Waals surface area contributed by atoms with Gasteiger partial charge in [0.15, 0.2) is 140 Å². The summed E-state index contributed by atoms with van der Waals surface area (Å²) in [5, 5.41) is 0. The van der Waals surface area contributed by atoms with Crippen molar-refractivity contribution in [1.82, 2.24) is 0 Å². The van der Waals surface area contributed by atoms with Gasteiger partial charge in [-0.05, 0) is 50.7 Å². The maximum atomic E-state index is 15.4. The number of hydrogen-bond acceptors (Lipinski definition) is 0. The van der Waals surface area contributed by atoms with Gasteiger partial charge in [0.05, 0.1) is 33.7 Å². The van der Waals surface area contributed by atoms with Crippen LogP contribution in [-0.2, 0) is 0 Å². The Balaban J connectivity index is 0.000000293. The second-order valence-corrected chi connectivity index (χ2v) is 32.5. The molecule has 752 valence electrons. The summed E-state index contributed by atoms with van der Waals surface area (Å²) in [7, 11) is 4.69. The zero-order valence-electron chi connectivity index (χ0n) is 73.0. The number of rotatable bonds is 42. The maximum Gasteiger partial charge on any atom is 0.200 e. The molecule has 9 aromatic carbocycles. The van der Waals surface area contributed by atoms with Crippen molar-refractivity contribution in [3.8, 4) is 0 Å². The second-order valence-electron chi connectivity index (χ2n) is 32.5. The number of para-hydroxylation sites is 1. The molecule has 1 atom stereocenters. The van der Waals surface area contributed by atoms with Crippen molar-refractivity contribution < 1.29 is 185 Å². The van der Waals surface area contributed by atoms with E-state index in [0.717, 1.165) is 0 Å². The van der Waals surface area contributed by atoms with E-state index in [-0.39, 0.29) is 0 Å². The number of hydrogen-bond donors (Lipinski definition) is 2. The molecular weight excluding hydrogens is 1910 g/mol. The lowest BCUT2D eigenvalue weighted by Gasteiger charge is -2.44. The Morgan fingerprint density at radius 2 is 0.272 bits per heavy atom. The van der Waals surface area contributed by atoms with Gasteiger partial charge in [-0.3, -0.25) is 0 Å². The van der Waals surface area contributed by atoms with Gasteiger partial charge in [0.2, 0.25) is 0 Å². The van der Waals surface area contributed by atoms with Gasteiger partial charge in [-0.25, -0.2) is 176 Å². The van der Waals surface area contributed by atoms with Crippen LogP contribution in [0.5, 0.6) is 0 Å². The molecule has 44 heteroatoms. The van der Waals surface area contributed by atoms with Crippen LogP contribution in [0.25, 0.3) is 0 Å². The third-order valence-corrected chi connectivity index (χ3v) is 23.5. The smallest absolute Gasteiger partial charge is 0.200 e. The standard InChI is InChI=1S/C25H53N.2C24BF20.C19H33N/c1-4-6-8-10-12-14-16-18-20-22-24-26(3)25-23-21-19-17-15-13-11-9-7-5-2;2*26-5-1(6(27)14(35)21(42)13(5)34)25(2-7(28)15(36)22(43)16(37)8(2)29,3-9(30)17(38)23(44)18(39)10(3)31)4-11(32)19(40)24(45)20(41)12(4)33;1-3-4-5-6-7-8-9-10-11-15-18-20(2)19-16-13-12-14-17-19/h4-25H2,1-3H3;;;12-14,16-17H,3-11,15,18H2,1-2H3/q;2*-1;/p+2. The summed E-state index contributed by atoms with van der Waals surface area (Å²) in [5.74, 6) is -143. The van der Waals surface area contributed by atoms with Gasteiger partial charge in [-0.15, -0.1) is 43.7 Å². The fourth-order valence-electron chi connectivity index (χ4n) is 16.4. The molecule has 0 saturated carbocycles. The van der Waals surface area contributed by atoms with E-state index in [0.29, 0.717) is 0 Å². The molecule has 0 bridgehead atoms. The molecule has 0 aliphatic rings. The summed E-state index contributed by atoms with van der Waals surface area (Å²) in [6, 6.07) is 10.8. The van der Waals surface area contributed by atoms with E-state index >= 15 is 70.2 Å². The van der Waals surface area contributed by atoms with Crippen molar-refractivity contribution in [2.24, 2.45) is 0 Å². The Labute approximate surface area is 754 Å². The van der Waals surface area contributed by atoms with E-state index in [1.54, 1.807) is 9.80 Å². The molecule has 9 rings (SSSR count). The van der Waals surface area contributed by atoms with Crippen LogP contribution in [0.2, 0.25) is 0 Å². The minimum absolute atomic E-state index is 1.26. The van der Waals surface area contributed by atoms with Crippen LogP contribution in [0.15, 0.2) is 30.3 Å². The van der Waals surface area contributed by atoms with Gasteiger partial charge in [-0.2, -0.15) is 0 Å². The summed E-state index contributed by atoms with van der Waals surface area (Å²) >= 11 is 0. The first-order chi connectivity index (χ1) is 64.1. The summed E-state index contributed by atoms with van der Waals surface area (Å²) in [5.41, 5.74) is -27.2. The first-order valence-corrected chi connectivity index (χ1v) is 43.2. The van der Waals surface area contributed by atoms with Crippen LogP contribution in [0.1, 0.15) is 213 Å². The fourth-order valence-corrected chi connectivity index (χ4v) is 16.4. The van der Waals surface area contributed by atoms with E-state index in [2.05, 4.69) is 65.2 Å². The average molecular weight is 2000 g/mol. The molecule has 0 radical (unpaired) electrons. The highest BCUT2D eigenvalue weighted by atomic mass is 19.2. The summed E-state index contributed by atoms with van der Waals surface area (Å²) < 4.78 is 588. The summed E-state index contributed by atoms with van der Waals surface area (Å²) in [6.07, 6.45) is 28.9. The maximum absolute atomic E-state index is 15.4. The number of quaternary nitrogens is 2. The largest absolute Gasteiger partial charge is 0.337 e. The zero-order valence-corrected chi connectivity index (χ0v) is 73.0. The molecule has 0 spiro atoms. The van der Waals surface area contributed by atoms with Crippen molar-refractivity contribution >= 4 is 61.7 Å². The molecule has 0 aliphatic heterocycles. The van der Waals surface area contributed by atoms with E-state index in [4.69, 9.17) is 0 Å². The van der Waals surface area contributed by atoms with Crippen LogP contribution >= 0.6 is 0 Å². The molecular formula is C92H88B2F40N2. The quantitative estimate of drug-likeness (QED) is 0.0124. The normalized spacial score (nSPS) is 12.0. The van der Waals surface area contributed by atoms with E-state index in [9.17, 15) is 105 Å². The van der Waals surface area contributed by atoms with Gasteiger partial charge in [-0.1, -0.05) is 193 Å². The van der Waals surface area contributed by atoms with Crippen molar-refractivity contribution in [2.45, 2.75) is 213 Å². The number of nitrogens with one attached hydrogen (secondary N) is 2. The molecule has 0 fully saturated rings. The minimum Gasteiger partial charge on any atom is -0.337 e. The lowest BCUT2D eigenvalue weighted by molar-refractivity contribution is -0.880. The van der Waals surface area contributed by atoms with E-state index in [1.807, 2.05) is 0 Å². The van der Waals surface area contributed by atoms with Crippen LogP contribution in [0.4, 0.5) is 181 Å². The van der Waals surface area contributed by atoms with Gasteiger partial charge in [0.1, 0.15) is 111 Å². The van der Waals surface area contributed by atoms with Crippen LogP contribution < -0.4 is 53.5 Å². The van der Waals surface area contributed by atoms with Gasteiger partial charge >= 0.3 is 0 Å². The lowest BCUT2D eigenvalue weighted by atomic mass is 9.12. The Kier molecular flexibility index (Phi) is 43.8. The average Bonchev–Trinajstić information content (AvgIpc) is 0.684. The number of unbranched alkanes of at least 4 members (excludes halogenated alkanes) is 27. The highest BCUT2D eigenvalue weighted by Gasteiger charge is 2.55. The van der Waals surface area contributed by atoms with Crippen LogP contribution in [0, 0.1) is 233 Å². The Bertz CT molecular complexity index is 4540. The predicted octanol–water partition coefficient (Wildman–Crippen LogP) is 23.8. The van der Waals surface area contributed by atoms with Crippen molar-refractivity contribution in [3.63, 3.8) is 0 Å². The van der Waals surface area contributed by atoms with E-state index < -0.39 is 289 Å². The summed E-state index contributed by atoms with van der Waals surface area (Å²) in [4.78, 5) is 3.31. The molecule has 136 heavy (non-hydrogen) atoms. The minimum atomic E-state index is -7.22. The van der Waals surface area contributed by atoms with Crippen LogP contribution in [-0.4, -0.2) is 46.0 Å². The first kappa shape index (κ1) is 115. The zero-order chi connectivity index (χ0) is 102. The molecule has 0 amide bonds. The predicted molar refractivity (Wildman–Crippen MR) is 428 cm³/mol. The topological polar surface area (TPSA) is 8.88 Å². The highest BCUT2D eigenvalue weighted by molar-refractivity contribution is 7.21. The van der Waals surface area contributed by atoms with Gasteiger partial charge in [0, 0.05) is 0 Å². The van der Waals surface area contributed by atoms with Crippen molar-refractivity contribution in [2.75, 3.05) is 33.7 Å². The molecule has 9 aromatic rings. The molecule has 2 nitrogen and oxygen atoms in total. The SMILES string of the molecule is CCCCCCCCCCCC[NH+](C)CCCCCCCCCCCC.CCCCCCCCCCCC[NH+](C)c1ccccc1.Fc1c(F)c(F)c([B-](c2c(F)c(F)c(F)c(F)c2F)(c2c(F)c(F)c(F)c(F)c2F)c2c(F)c(F)c(F)c(F)c2F)c(F)c1F.Fc1c(F)c(F)c([B-](c2c(F)c(F)c(F)c(F)c2F)(c2c(F)c(F)c(F)c(F)c2F)c2c(F)c(F)c(F)c(F)c2F)c(F)c1F. The molecule has 2 N–H and O–H groups in total. The Morgan fingerprint density at radius 3 is 0.412 bits per heavy atom. The summed E-state index contributed by atoms with van der Waals surface area (Å²) in [6.45, 7) is 10.9. The third-order valence-electron chi connectivity index (χ3n) is 23.5. The molecule has 0 heterocycles. The number of benzene rings is 9. The van der Waals surface area contributed by atoms with Crippen molar-refractivity contribution in [3.05, 3.63) is 263 Å². The fraction of sp³-hybridized carbons (Fsp3) is 0.413. The monoisotopic (exact) mass is 2000 g/mol. The Hall–Kier alpha value is -9.77. The Morgan fingerprint density at radius 1 is 0.154 bits per heavy atom. The third kappa shape index (κ3) is 24.4. The molecule has 0 saturated heterocycles. The number of halogens is 40. The lowest BCUT2D eigenvalue weighted by Crippen LogP contribution is -3.09. The molecule has 0 aliphatic carbocycles. The van der Waals surface area contributed by atoms with E-state index in [1.165, 1.54) is 218 Å². The molecule has 1 unspecified atom stereocenters. The highest BCUT2D eigenvalue weighted by Crippen LogP contribution is 2.36. The molecule has 0 aromatic heterocycles. The van der Waals surface area contributed by atoms with Gasteiger partial charge < -0.3 is 9.80 Å². The second kappa shape index (κ2) is 51.8. The van der Waals surface area contributed by atoms with Crippen molar-refractivity contribution in [1.29, 1.82) is 0 Å². The first-order valence-electron chi connectivity index (χ1n) is 43.2. The van der Waals surface area contributed by atoms with Gasteiger partial charge in [0.25, 0.3) is 0 Å². The van der Waals surface area contributed by atoms with Crippen LogP contribution in [0.3, 0.4) is 0 Å².